The van der Waals surface area contributed by atoms with Gasteiger partial charge in [0.2, 0.25) is 0 Å². The zero-order valence-corrected chi connectivity index (χ0v) is 13.8. The molecule has 1 spiro atoms. The maximum Gasteiger partial charge on any atom is 0.0412 e. The van der Waals surface area contributed by atoms with E-state index in [4.69, 9.17) is 0 Å². The van der Waals surface area contributed by atoms with Gasteiger partial charge in [-0.05, 0) is 56.7 Å². The predicted octanol–water partition coefficient (Wildman–Crippen LogP) is 4.27. The highest BCUT2D eigenvalue weighted by Crippen LogP contribution is 2.45. The Balaban J connectivity index is 1.71. The Morgan fingerprint density at radius 2 is 1.76 bits per heavy atom. The molecule has 2 nitrogen and oxygen atoms in total. The van der Waals surface area contributed by atoms with E-state index in [-0.39, 0.29) is 0 Å². The third kappa shape index (κ3) is 3.26. The second-order valence-electron chi connectivity index (χ2n) is 7.21. The molecule has 0 atom stereocenters. The highest BCUT2D eigenvalue weighted by atomic mass is 15.1. The van der Waals surface area contributed by atoms with Gasteiger partial charge in [0.05, 0.1) is 0 Å². The monoisotopic (exact) mass is 286 g/mol. The lowest BCUT2D eigenvalue weighted by Gasteiger charge is -2.45. The summed E-state index contributed by atoms with van der Waals surface area (Å²) < 4.78 is 0. The van der Waals surface area contributed by atoms with Crippen LogP contribution in [0.2, 0.25) is 0 Å². The van der Waals surface area contributed by atoms with E-state index >= 15 is 0 Å². The lowest BCUT2D eigenvalue weighted by atomic mass is 9.68. The van der Waals surface area contributed by atoms with Crippen molar-refractivity contribution in [2.24, 2.45) is 5.41 Å². The number of benzene rings is 1. The Morgan fingerprint density at radius 3 is 2.43 bits per heavy atom. The summed E-state index contributed by atoms with van der Waals surface area (Å²) in [7, 11) is 2.04. The van der Waals surface area contributed by atoms with E-state index in [1.165, 1.54) is 74.8 Å². The summed E-state index contributed by atoms with van der Waals surface area (Å²) in [4.78, 5) is 2.63. The zero-order chi connectivity index (χ0) is 14.7. The van der Waals surface area contributed by atoms with Gasteiger partial charge in [0.25, 0.3) is 0 Å². The van der Waals surface area contributed by atoms with E-state index in [1.54, 1.807) is 0 Å². The molecule has 1 aliphatic carbocycles. The minimum Gasteiger partial charge on any atom is -0.371 e. The Morgan fingerprint density at radius 1 is 1.05 bits per heavy atom. The largest absolute Gasteiger partial charge is 0.371 e. The summed E-state index contributed by atoms with van der Waals surface area (Å²) in [5, 5.41) is 3.32. The molecule has 2 aliphatic rings. The van der Waals surface area contributed by atoms with Gasteiger partial charge in [0.15, 0.2) is 0 Å². The van der Waals surface area contributed by atoms with Gasteiger partial charge in [-0.3, -0.25) is 0 Å². The zero-order valence-electron chi connectivity index (χ0n) is 13.8. The summed E-state index contributed by atoms with van der Waals surface area (Å²) in [6, 6.07) is 6.94. The smallest absolute Gasteiger partial charge is 0.0412 e. The molecular weight excluding hydrogens is 256 g/mol. The first-order valence-electron chi connectivity index (χ1n) is 8.72. The first-order valence-corrected chi connectivity index (χ1v) is 8.72. The van der Waals surface area contributed by atoms with Gasteiger partial charge in [0, 0.05) is 25.3 Å². The SMILES string of the molecule is CNCc1cc(C)ccc1N1CCC2(CCCCC2)CC1. The van der Waals surface area contributed by atoms with Gasteiger partial charge < -0.3 is 10.2 Å². The molecule has 1 heterocycles. The van der Waals surface area contributed by atoms with Crippen molar-refractivity contribution >= 4 is 5.69 Å². The fraction of sp³-hybridized carbons (Fsp3) is 0.684. The summed E-state index contributed by atoms with van der Waals surface area (Å²) in [6.45, 7) is 5.66. The van der Waals surface area contributed by atoms with Crippen LogP contribution in [0.3, 0.4) is 0 Å². The Kier molecular flexibility index (Phi) is 4.54. The van der Waals surface area contributed by atoms with Crippen molar-refractivity contribution in [2.45, 2.75) is 58.4 Å². The van der Waals surface area contributed by atoms with E-state index in [2.05, 4.69) is 35.3 Å². The summed E-state index contributed by atoms with van der Waals surface area (Å²) in [5.41, 5.74) is 4.98. The van der Waals surface area contributed by atoms with Crippen molar-refractivity contribution in [3.8, 4) is 0 Å². The van der Waals surface area contributed by atoms with Crippen LogP contribution in [-0.4, -0.2) is 20.1 Å². The first kappa shape index (κ1) is 14.9. The molecular formula is C19H30N2. The van der Waals surface area contributed by atoms with Crippen LogP contribution >= 0.6 is 0 Å². The Bertz CT molecular complexity index is 464. The molecule has 3 rings (SSSR count). The Hall–Kier alpha value is -1.02. The molecule has 1 N–H and O–H groups in total. The van der Waals surface area contributed by atoms with E-state index in [0.717, 1.165) is 6.54 Å². The van der Waals surface area contributed by atoms with Gasteiger partial charge in [-0.1, -0.05) is 37.0 Å². The molecule has 0 aromatic heterocycles. The summed E-state index contributed by atoms with van der Waals surface area (Å²) in [5.74, 6) is 0. The maximum absolute atomic E-state index is 3.32. The van der Waals surface area contributed by atoms with Crippen LogP contribution in [0.5, 0.6) is 0 Å². The second kappa shape index (κ2) is 6.39. The first-order chi connectivity index (χ1) is 10.2. The van der Waals surface area contributed by atoms with Crippen molar-refractivity contribution in [3.05, 3.63) is 29.3 Å². The van der Waals surface area contributed by atoms with E-state index in [0.29, 0.717) is 5.41 Å². The van der Waals surface area contributed by atoms with E-state index in [1.807, 2.05) is 7.05 Å². The average molecular weight is 286 g/mol. The van der Waals surface area contributed by atoms with E-state index in [9.17, 15) is 0 Å². The van der Waals surface area contributed by atoms with Gasteiger partial charge >= 0.3 is 0 Å². The molecule has 2 fully saturated rings. The molecule has 21 heavy (non-hydrogen) atoms. The number of anilines is 1. The van der Waals surface area contributed by atoms with Gasteiger partial charge in [0.1, 0.15) is 0 Å². The van der Waals surface area contributed by atoms with E-state index < -0.39 is 0 Å². The van der Waals surface area contributed by atoms with Crippen LogP contribution in [0.25, 0.3) is 0 Å². The summed E-state index contributed by atoms with van der Waals surface area (Å²) >= 11 is 0. The van der Waals surface area contributed by atoms with Crippen molar-refractivity contribution < 1.29 is 0 Å². The van der Waals surface area contributed by atoms with Crippen molar-refractivity contribution in [1.82, 2.24) is 5.32 Å². The fourth-order valence-corrected chi connectivity index (χ4v) is 4.38. The second-order valence-corrected chi connectivity index (χ2v) is 7.21. The number of aryl methyl sites for hydroxylation is 1. The molecule has 0 radical (unpaired) electrons. The highest BCUT2D eigenvalue weighted by Gasteiger charge is 2.35. The van der Waals surface area contributed by atoms with Crippen LogP contribution in [-0.2, 0) is 6.54 Å². The number of piperidine rings is 1. The molecule has 1 saturated heterocycles. The topological polar surface area (TPSA) is 15.3 Å². The van der Waals surface area contributed by atoms with Gasteiger partial charge in [-0.25, -0.2) is 0 Å². The number of rotatable bonds is 3. The number of nitrogens with zero attached hydrogens (tertiary/aromatic N) is 1. The molecule has 1 aromatic rings. The third-order valence-electron chi connectivity index (χ3n) is 5.68. The van der Waals surface area contributed by atoms with Crippen molar-refractivity contribution in [3.63, 3.8) is 0 Å². The molecule has 1 saturated carbocycles. The lowest BCUT2D eigenvalue weighted by Crippen LogP contribution is -2.41. The summed E-state index contributed by atoms with van der Waals surface area (Å²) in [6.07, 6.45) is 10.2. The highest BCUT2D eigenvalue weighted by molar-refractivity contribution is 5.55. The quantitative estimate of drug-likeness (QED) is 0.893. The molecule has 0 unspecified atom stereocenters. The van der Waals surface area contributed by atoms with Crippen LogP contribution < -0.4 is 10.2 Å². The molecule has 0 bridgehead atoms. The van der Waals surface area contributed by atoms with Crippen LogP contribution in [0, 0.1) is 12.3 Å². The fourth-order valence-electron chi connectivity index (χ4n) is 4.38. The number of hydrogen-bond acceptors (Lipinski definition) is 2. The van der Waals surface area contributed by atoms with Crippen LogP contribution in [0.15, 0.2) is 18.2 Å². The predicted molar refractivity (Wildman–Crippen MR) is 90.9 cm³/mol. The minimum atomic E-state index is 0.697. The Labute approximate surface area is 129 Å². The molecule has 2 heteroatoms. The standard InChI is InChI=1S/C19H30N2/c1-16-6-7-18(17(14-16)15-20-2)21-12-10-19(11-13-21)8-4-3-5-9-19/h6-7,14,20H,3-5,8-13,15H2,1-2H3. The number of nitrogens with one attached hydrogen (secondary N) is 1. The van der Waals surface area contributed by atoms with Crippen LogP contribution in [0.1, 0.15) is 56.1 Å². The van der Waals surface area contributed by atoms with Crippen molar-refractivity contribution in [1.29, 1.82) is 0 Å². The molecule has 0 amide bonds. The normalized spacial score (nSPS) is 21.7. The third-order valence-corrected chi connectivity index (χ3v) is 5.68. The number of hydrogen-bond donors (Lipinski definition) is 1. The van der Waals surface area contributed by atoms with Crippen molar-refractivity contribution in [2.75, 3.05) is 25.0 Å². The van der Waals surface area contributed by atoms with Gasteiger partial charge in [-0.15, -0.1) is 0 Å². The molecule has 1 aromatic carbocycles. The minimum absolute atomic E-state index is 0.697. The molecule has 116 valence electrons. The average Bonchev–Trinajstić information content (AvgIpc) is 2.50. The van der Waals surface area contributed by atoms with Crippen LogP contribution in [0.4, 0.5) is 5.69 Å². The lowest BCUT2D eigenvalue weighted by molar-refractivity contribution is 0.144. The van der Waals surface area contributed by atoms with Gasteiger partial charge in [-0.2, -0.15) is 0 Å². The molecule has 1 aliphatic heterocycles. The maximum atomic E-state index is 3.32.